The summed E-state index contributed by atoms with van der Waals surface area (Å²) in [5.41, 5.74) is 0.746. The van der Waals surface area contributed by atoms with Crippen LogP contribution in [0.3, 0.4) is 0 Å². The number of nitrogens with one attached hydrogen (secondary N) is 1. The third-order valence-electron chi connectivity index (χ3n) is 4.42. The standard InChI is InChI=1S/C18H23N5O3S/c1-18(2,3)16-20-21-17(27-16)19-15(24)13-11-12(23(25)26)7-8-14(13)22-9-5-4-6-10-22/h7-8,11H,4-6,9-10H2,1-3H3,(H,19,21,24). The Morgan fingerprint density at radius 3 is 2.52 bits per heavy atom. The molecule has 1 aromatic carbocycles. The average molecular weight is 389 g/mol. The number of piperidine rings is 1. The number of benzene rings is 1. The lowest BCUT2D eigenvalue weighted by molar-refractivity contribution is -0.384. The van der Waals surface area contributed by atoms with Crippen LogP contribution in [0.2, 0.25) is 0 Å². The fourth-order valence-corrected chi connectivity index (χ4v) is 3.77. The Morgan fingerprint density at radius 2 is 1.93 bits per heavy atom. The number of carbonyl (C=O) groups excluding carboxylic acids is 1. The fraction of sp³-hybridized carbons (Fsp3) is 0.500. The molecule has 8 nitrogen and oxygen atoms in total. The maximum absolute atomic E-state index is 12.9. The number of non-ortho nitro benzene ring substituents is 1. The molecule has 1 aliphatic rings. The Balaban J connectivity index is 1.90. The van der Waals surface area contributed by atoms with Gasteiger partial charge < -0.3 is 4.90 Å². The highest BCUT2D eigenvalue weighted by Gasteiger charge is 2.24. The van der Waals surface area contributed by atoms with Gasteiger partial charge in [0.2, 0.25) is 5.13 Å². The predicted molar refractivity (Wildman–Crippen MR) is 106 cm³/mol. The molecule has 2 heterocycles. The van der Waals surface area contributed by atoms with Gasteiger partial charge >= 0.3 is 0 Å². The average Bonchev–Trinajstić information content (AvgIpc) is 3.11. The molecule has 3 rings (SSSR count). The van der Waals surface area contributed by atoms with Crippen LogP contribution in [0, 0.1) is 10.1 Å². The van der Waals surface area contributed by atoms with E-state index in [1.165, 1.54) is 23.5 Å². The summed E-state index contributed by atoms with van der Waals surface area (Å²) in [5.74, 6) is -0.407. The van der Waals surface area contributed by atoms with Gasteiger partial charge in [0.15, 0.2) is 0 Å². The van der Waals surface area contributed by atoms with E-state index in [1.54, 1.807) is 6.07 Å². The van der Waals surface area contributed by atoms with E-state index < -0.39 is 10.8 Å². The summed E-state index contributed by atoms with van der Waals surface area (Å²) >= 11 is 1.31. The molecule has 0 spiro atoms. The van der Waals surface area contributed by atoms with Crippen molar-refractivity contribution < 1.29 is 9.72 Å². The first-order valence-electron chi connectivity index (χ1n) is 8.94. The molecule has 1 N–H and O–H groups in total. The van der Waals surface area contributed by atoms with E-state index in [4.69, 9.17) is 0 Å². The molecule has 0 aliphatic carbocycles. The van der Waals surface area contributed by atoms with Gasteiger partial charge in [-0.25, -0.2) is 0 Å². The number of hydrogen-bond acceptors (Lipinski definition) is 7. The van der Waals surface area contributed by atoms with Crippen molar-refractivity contribution in [2.75, 3.05) is 23.3 Å². The van der Waals surface area contributed by atoms with E-state index in [2.05, 4.69) is 20.4 Å². The summed E-state index contributed by atoms with van der Waals surface area (Å²) in [6.45, 7) is 7.74. The molecule has 0 radical (unpaired) electrons. The summed E-state index contributed by atoms with van der Waals surface area (Å²) in [7, 11) is 0. The van der Waals surface area contributed by atoms with Crippen LogP contribution in [0.25, 0.3) is 0 Å². The van der Waals surface area contributed by atoms with Gasteiger partial charge in [-0.2, -0.15) is 0 Å². The number of aromatic nitrogens is 2. The Hall–Kier alpha value is -2.55. The number of nitro groups is 1. The van der Waals surface area contributed by atoms with Crippen LogP contribution in [0.5, 0.6) is 0 Å². The van der Waals surface area contributed by atoms with Crippen molar-refractivity contribution in [3.8, 4) is 0 Å². The largest absolute Gasteiger partial charge is 0.371 e. The molecule has 1 fully saturated rings. The number of rotatable bonds is 4. The van der Waals surface area contributed by atoms with Crippen molar-refractivity contribution in [2.45, 2.75) is 45.4 Å². The summed E-state index contributed by atoms with van der Waals surface area (Å²) in [4.78, 5) is 25.7. The molecule has 1 aliphatic heterocycles. The summed E-state index contributed by atoms with van der Waals surface area (Å²) < 4.78 is 0. The third kappa shape index (κ3) is 4.41. The Bertz CT molecular complexity index is 853. The van der Waals surface area contributed by atoms with Crippen molar-refractivity contribution >= 4 is 33.8 Å². The Labute approximate surface area is 161 Å². The number of amides is 1. The van der Waals surface area contributed by atoms with Crippen LogP contribution in [0.15, 0.2) is 18.2 Å². The first kappa shape index (κ1) is 19.2. The number of anilines is 2. The molecule has 1 aromatic heterocycles. The minimum Gasteiger partial charge on any atom is -0.371 e. The highest BCUT2D eigenvalue weighted by atomic mass is 32.1. The second-order valence-electron chi connectivity index (χ2n) is 7.62. The van der Waals surface area contributed by atoms with Gasteiger partial charge in [-0.05, 0) is 25.3 Å². The zero-order valence-electron chi connectivity index (χ0n) is 15.7. The van der Waals surface area contributed by atoms with Gasteiger partial charge in [0.05, 0.1) is 16.2 Å². The van der Waals surface area contributed by atoms with E-state index >= 15 is 0 Å². The van der Waals surface area contributed by atoms with Gasteiger partial charge in [-0.1, -0.05) is 32.1 Å². The molecule has 0 bridgehead atoms. The van der Waals surface area contributed by atoms with E-state index in [9.17, 15) is 14.9 Å². The second-order valence-corrected chi connectivity index (χ2v) is 8.60. The molecule has 1 amide bonds. The van der Waals surface area contributed by atoms with E-state index in [1.807, 2.05) is 20.8 Å². The maximum Gasteiger partial charge on any atom is 0.270 e. The number of nitrogens with zero attached hydrogens (tertiary/aromatic N) is 4. The number of hydrogen-bond donors (Lipinski definition) is 1. The smallest absolute Gasteiger partial charge is 0.270 e. The van der Waals surface area contributed by atoms with Gasteiger partial charge in [0.25, 0.3) is 11.6 Å². The minimum absolute atomic E-state index is 0.103. The maximum atomic E-state index is 12.9. The lowest BCUT2D eigenvalue weighted by atomic mass is 9.98. The van der Waals surface area contributed by atoms with Crippen LogP contribution < -0.4 is 10.2 Å². The summed E-state index contributed by atoms with van der Waals surface area (Å²) in [6.07, 6.45) is 3.25. The first-order chi connectivity index (χ1) is 12.8. The normalized spacial score (nSPS) is 14.9. The molecule has 144 valence electrons. The fourth-order valence-electron chi connectivity index (χ4n) is 2.97. The second kappa shape index (κ2) is 7.59. The van der Waals surface area contributed by atoms with Crippen molar-refractivity contribution in [1.29, 1.82) is 0 Å². The van der Waals surface area contributed by atoms with Gasteiger partial charge in [0.1, 0.15) is 5.01 Å². The van der Waals surface area contributed by atoms with Crippen molar-refractivity contribution in [3.05, 3.63) is 38.9 Å². The first-order valence-corrected chi connectivity index (χ1v) is 9.76. The lowest BCUT2D eigenvalue weighted by Gasteiger charge is -2.30. The number of nitro benzene ring substituents is 1. The topological polar surface area (TPSA) is 101 Å². The molecule has 0 atom stereocenters. The Morgan fingerprint density at radius 1 is 1.22 bits per heavy atom. The van der Waals surface area contributed by atoms with Crippen LogP contribution in [-0.4, -0.2) is 34.1 Å². The van der Waals surface area contributed by atoms with Gasteiger partial charge in [0, 0.05) is 30.6 Å². The lowest BCUT2D eigenvalue weighted by Crippen LogP contribution is -2.31. The van der Waals surface area contributed by atoms with Crippen LogP contribution in [-0.2, 0) is 5.41 Å². The molecular weight excluding hydrogens is 366 g/mol. The van der Waals surface area contributed by atoms with Crippen molar-refractivity contribution in [1.82, 2.24) is 10.2 Å². The monoisotopic (exact) mass is 389 g/mol. The van der Waals surface area contributed by atoms with Crippen LogP contribution >= 0.6 is 11.3 Å². The van der Waals surface area contributed by atoms with Crippen molar-refractivity contribution in [2.24, 2.45) is 0 Å². The summed E-state index contributed by atoms with van der Waals surface area (Å²) in [6, 6.07) is 4.45. The molecule has 9 heteroatoms. The van der Waals surface area contributed by atoms with E-state index in [0.717, 1.165) is 43.0 Å². The molecule has 0 saturated carbocycles. The van der Waals surface area contributed by atoms with Crippen molar-refractivity contribution in [3.63, 3.8) is 0 Å². The zero-order valence-corrected chi connectivity index (χ0v) is 16.5. The molecule has 27 heavy (non-hydrogen) atoms. The molecule has 1 saturated heterocycles. The SMILES string of the molecule is CC(C)(C)c1nnc(NC(=O)c2cc([N+](=O)[O-])ccc2N2CCCCC2)s1. The van der Waals surface area contributed by atoms with E-state index in [0.29, 0.717) is 10.7 Å². The predicted octanol–water partition coefficient (Wildman–Crippen LogP) is 3.99. The third-order valence-corrected chi connectivity index (χ3v) is 5.68. The zero-order chi connectivity index (χ0) is 19.6. The van der Waals surface area contributed by atoms with E-state index in [-0.39, 0.29) is 11.1 Å². The van der Waals surface area contributed by atoms with Crippen LogP contribution in [0.1, 0.15) is 55.4 Å². The molecular formula is C18H23N5O3S. The van der Waals surface area contributed by atoms with Gasteiger partial charge in [-0.15, -0.1) is 10.2 Å². The number of carbonyl (C=O) groups is 1. The highest BCUT2D eigenvalue weighted by molar-refractivity contribution is 7.15. The van der Waals surface area contributed by atoms with Crippen LogP contribution in [0.4, 0.5) is 16.5 Å². The molecule has 2 aromatic rings. The minimum atomic E-state index is -0.487. The molecule has 0 unspecified atom stereocenters. The quantitative estimate of drug-likeness (QED) is 0.627. The van der Waals surface area contributed by atoms with Gasteiger partial charge in [-0.3, -0.25) is 20.2 Å². The highest BCUT2D eigenvalue weighted by Crippen LogP contribution is 2.31. The Kier molecular flexibility index (Phi) is 5.41. The summed E-state index contributed by atoms with van der Waals surface area (Å²) in [5, 5.41) is 23.3.